The second kappa shape index (κ2) is 4.23. The number of carboxylic acid groups (broad SMARTS) is 1. The maximum absolute atomic E-state index is 13.2. The van der Waals surface area contributed by atoms with Crippen LogP contribution in [0, 0.1) is 0 Å². The first-order valence-corrected chi connectivity index (χ1v) is 4.70. The third-order valence-electron chi connectivity index (χ3n) is 2.61. The van der Waals surface area contributed by atoms with Crippen molar-refractivity contribution in [2.45, 2.75) is 44.1 Å². The first-order valence-electron chi connectivity index (χ1n) is 4.70. The minimum Gasteiger partial charge on any atom is -0.479 e. The van der Waals surface area contributed by atoms with Crippen molar-refractivity contribution in [3.05, 3.63) is 0 Å². The van der Waals surface area contributed by atoms with Gasteiger partial charge in [0, 0.05) is 19.4 Å². The van der Waals surface area contributed by atoms with Gasteiger partial charge in [-0.3, -0.25) is 0 Å². The number of alkyl halides is 1. The summed E-state index contributed by atoms with van der Waals surface area (Å²) in [6, 6.07) is 0. The van der Waals surface area contributed by atoms with Gasteiger partial charge in [0.05, 0.1) is 6.10 Å². The molecule has 1 rings (SSSR count). The Balaban J connectivity index is 2.67. The quantitative estimate of drug-likeness (QED) is 0.714. The molecule has 1 aliphatic rings. The van der Waals surface area contributed by atoms with Crippen molar-refractivity contribution in [2.24, 2.45) is 0 Å². The van der Waals surface area contributed by atoms with Crippen LogP contribution in [0.1, 0.15) is 26.2 Å². The lowest BCUT2D eigenvalue weighted by Gasteiger charge is -2.37. The molecule has 0 bridgehead atoms. The fourth-order valence-corrected chi connectivity index (χ4v) is 1.68. The fourth-order valence-electron chi connectivity index (χ4n) is 1.68. The molecule has 0 radical (unpaired) electrons. The average Bonchev–Trinajstić information content (AvgIpc) is 2.16. The van der Waals surface area contributed by atoms with Crippen LogP contribution in [0.4, 0.5) is 4.39 Å². The third kappa shape index (κ3) is 2.22. The van der Waals surface area contributed by atoms with E-state index in [0.29, 0.717) is 6.42 Å². The van der Waals surface area contributed by atoms with Crippen LogP contribution in [0.15, 0.2) is 0 Å². The third-order valence-corrected chi connectivity index (χ3v) is 2.61. The molecule has 82 valence electrons. The van der Waals surface area contributed by atoms with Crippen molar-refractivity contribution in [3.8, 4) is 0 Å². The summed E-state index contributed by atoms with van der Waals surface area (Å²) in [5, 5.41) is 18.3. The summed E-state index contributed by atoms with van der Waals surface area (Å²) in [6.07, 6.45) is -1.73. The molecule has 1 saturated heterocycles. The molecular weight excluding hydrogens is 191 g/mol. The number of carbonyl (C=O) groups is 1. The Morgan fingerprint density at radius 1 is 1.79 bits per heavy atom. The van der Waals surface area contributed by atoms with Gasteiger partial charge in [-0.2, -0.15) is 0 Å². The lowest BCUT2D eigenvalue weighted by atomic mass is 9.85. The summed E-state index contributed by atoms with van der Waals surface area (Å²) in [4.78, 5) is 10.4. The number of carboxylic acids is 1. The zero-order valence-electron chi connectivity index (χ0n) is 8.07. The van der Waals surface area contributed by atoms with E-state index in [2.05, 4.69) is 0 Å². The Hall–Kier alpha value is -0.680. The van der Waals surface area contributed by atoms with E-state index in [1.807, 2.05) is 6.92 Å². The van der Waals surface area contributed by atoms with Crippen molar-refractivity contribution in [1.29, 1.82) is 0 Å². The molecule has 0 spiro atoms. The number of halogens is 1. The van der Waals surface area contributed by atoms with Gasteiger partial charge in [-0.1, -0.05) is 6.92 Å². The van der Waals surface area contributed by atoms with Crippen molar-refractivity contribution in [2.75, 3.05) is 6.61 Å². The van der Waals surface area contributed by atoms with Crippen molar-refractivity contribution in [3.63, 3.8) is 0 Å². The number of rotatable bonds is 3. The zero-order chi connectivity index (χ0) is 10.8. The van der Waals surface area contributed by atoms with Crippen LogP contribution >= 0.6 is 0 Å². The van der Waals surface area contributed by atoms with Gasteiger partial charge in [0.2, 0.25) is 6.17 Å². The Bertz CT molecular complexity index is 221. The smallest absolute Gasteiger partial charge is 0.341 e. The molecule has 5 heteroatoms. The summed E-state index contributed by atoms with van der Waals surface area (Å²) in [7, 11) is 0. The van der Waals surface area contributed by atoms with E-state index < -0.39 is 17.7 Å². The first-order chi connectivity index (χ1) is 6.49. The summed E-state index contributed by atoms with van der Waals surface area (Å²) in [5.74, 6) is -1.61. The van der Waals surface area contributed by atoms with Gasteiger partial charge < -0.3 is 14.9 Å². The maximum atomic E-state index is 13.2. The molecule has 0 aliphatic carbocycles. The summed E-state index contributed by atoms with van der Waals surface area (Å²) in [5.41, 5.74) is -1.76. The molecule has 1 heterocycles. The highest BCUT2D eigenvalue weighted by atomic mass is 19.1. The van der Waals surface area contributed by atoms with Crippen LogP contribution < -0.4 is 0 Å². The molecular formula is C9H15FO4. The largest absolute Gasteiger partial charge is 0.479 e. The molecule has 0 saturated carbocycles. The second-order valence-corrected chi connectivity index (χ2v) is 3.66. The topological polar surface area (TPSA) is 66.8 Å². The first kappa shape index (κ1) is 11.4. The number of hydrogen-bond acceptors (Lipinski definition) is 3. The minimum absolute atomic E-state index is 0.0387. The van der Waals surface area contributed by atoms with Gasteiger partial charge in [0.15, 0.2) is 0 Å². The van der Waals surface area contributed by atoms with Crippen molar-refractivity contribution < 1.29 is 24.1 Å². The van der Waals surface area contributed by atoms with Gasteiger partial charge in [-0.25, -0.2) is 9.18 Å². The average molecular weight is 206 g/mol. The van der Waals surface area contributed by atoms with Gasteiger partial charge in [0.1, 0.15) is 5.60 Å². The predicted octanol–water partition coefficient (Wildman–Crippen LogP) is 0.729. The Morgan fingerprint density at radius 3 is 2.93 bits per heavy atom. The summed E-state index contributed by atoms with van der Waals surface area (Å²) < 4.78 is 18.4. The maximum Gasteiger partial charge on any atom is 0.341 e. The molecule has 3 unspecified atom stereocenters. The molecule has 0 aromatic heterocycles. The summed E-state index contributed by atoms with van der Waals surface area (Å²) >= 11 is 0. The number of aliphatic hydroxyl groups is 1. The van der Waals surface area contributed by atoms with Crippen LogP contribution in [0.3, 0.4) is 0 Å². The van der Waals surface area contributed by atoms with Crippen LogP contribution in [-0.4, -0.2) is 40.7 Å². The van der Waals surface area contributed by atoms with E-state index in [-0.39, 0.29) is 25.6 Å². The molecule has 0 amide bonds. The van der Waals surface area contributed by atoms with E-state index in [1.54, 1.807) is 0 Å². The van der Waals surface area contributed by atoms with E-state index in [4.69, 9.17) is 9.84 Å². The Labute approximate surface area is 81.7 Å². The van der Waals surface area contributed by atoms with Gasteiger partial charge in [-0.05, 0) is 6.42 Å². The van der Waals surface area contributed by atoms with Crippen LogP contribution in [0.2, 0.25) is 0 Å². The highest BCUT2D eigenvalue weighted by molar-refractivity contribution is 5.73. The zero-order valence-corrected chi connectivity index (χ0v) is 8.07. The Morgan fingerprint density at radius 2 is 2.43 bits per heavy atom. The lowest BCUT2D eigenvalue weighted by Crippen LogP contribution is -2.50. The molecule has 1 fully saturated rings. The molecule has 14 heavy (non-hydrogen) atoms. The molecule has 0 aromatic carbocycles. The van der Waals surface area contributed by atoms with E-state index in [0.717, 1.165) is 0 Å². The minimum atomic E-state index is -2.22. The second-order valence-electron chi connectivity index (χ2n) is 3.66. The lowest BCUT2D eigenvalue weighted by molar-refractivity contribution is -0.170. The van der Waals surface area contributed by atoms with Crippen LogP contribution in [0.25, 0.3) is 0 Å². The van der Waals surface area contributed by atoms with E-state index in [9.17, 15) is 14.3 Å². The number of aliphatic carboxylic acids is 1. The SMILES string of the molecule is CCC1CC(O)(C(F)C(=O)O)CCO1. The highest BCUT2D eigenvalue weighted by Crippen LogP contribution is 2.31. The van der Waals surface area contributed by atoms with Crippen LogP contribution in [-0.2, 0) is 9.53 Å². The number of hydrogen-bond donors (Lipinski definition) is 2. The monoisotopic (exact) mass is 206 g/mol. The van der Waals surface area contributed by atoms with Crippen LogP contribution in [0.5, 0.6) is 0 Å². The summed E-state index contributed by atoms with van der Waals surface area (Å²) in [6.45, 7) is 2.06. The molecule has 2 N–H and O–H groups in total. The predicted molar refractivity (Wildman–Crippen MR) is 46.7 cm³/mol. The molecule has 1 aliphatic heterocycles. The van der Waals surface area contributed by atoms with Crippen molar-refractivity contribution >= 4 is 5.97 Å². The van der Waals surface area contributed by atoms with E-state index in [1.165, 1.54) is 0 Å². The fraction of sp³-hybridized carbons (Fsp3) is 0.889. The normalized spacial score (nSPS) is 35.2. The van der Waals surface area contributed by atoms with Gasteiger partial charge in [0.25, 0.3) is 0 Å². The molecule has 4 nitrogen and oxygen atoms in total. The standard InChI is InChI=1S/C9H15FO4/c1-2-6-5-9(13,3-4-14-6)7(10)8(11)12/h6-7,13H,2-5H2,1H3,(H,11,12). The van der Waals surface area contributed by atoms with E-state index >= 15 is 0 Å². The molecule has 0 aromatic rings. The number of ether oxygens (including phenoxy) is 1. The van der Waals surface area contributed by atoms with Gasteiger partial charge in [-0.15, -0.1) is 0 Å². The Kier molecular flexibility index (Phi) is 3.44. The highest BCUT2D eigenvalue weighted by Gasteiger charge is 2.45. The van der Waals surface area contributed by atoms with Gasteiger partial charge >= 0.3 is 5.97 Å². The van der Waals surface area contributed by atoms with Crippen molar-refractivity contribution in [1.82, 2.24) is 0 Å². The molecule has 3 atom stereocenters.